The van der Waals surface area contributed by atoms with Gasteiger partial charge in [0.2, 0.25) is 11.8 Å². The molecule has 1 fully saturated rings. The molecule has 2 amide bonds. The van der Waals surface area contributed by atoms with Crippen molar-refractivity contribution < 1.29 is 14.7 Å². The lowest BCUT2D eigenvalue weighted by atomic mass is 9.85. The summed E-state index contributed by atoms with van der Waals surface area (Å²) in [5.41, 5.74) is 2.00. The van der Waals surface area contributed by atoms with Crippen molar-refractivity contribution in [1.82, 2.24) is 0 Å². The van der Waals surface area contributed by atoms with Crippen LogP contribution in [0.3, 0.4) is 0 Å². The Morgan fingerprint density at radius 2 is 1.55 bits per heavy atom. The Balaban J connectivity index is 2.05. The summed E-state index contributed by atoms with van der Waals surface area (Å²) in [6.07, 6.45) is 5.24. The number of fused-ring (bicyclic) bond motifs is 1. The number of aryl methyl sites for hydroxylation is 2. The number of hydrogen-bond acceptors (Lipinski definition) is 3. The molecule has 1 aliphatic carbocycles. The second-order valence-electron chi connectivity index (χ2n) is 5.59. The van der Waals surface area contributed by atoms with Gasteiger partial charge in [-0.05, 0) is 49.9 Å². The van der Waals surface area contributed by atoms with Crippen LogP contribution in [-0.2, 0) is 9.59 Å². The zero-order chi connectivity index (χ0) is 14.4. The van der Waals surface area contributed by atoms with Gasteiger partial charge in [-0.15, -0.1) is 0 Å². The van der Waals surface area contributed by atoms with Crippen molar-refractivity contribution in [1.29, 1.82) is 0 Å². The lowest BCUT2D eigenvalue weighted by molar-refractivity contribution is -0.122. The number of phenolic OH excluding ortho intramolecular Hbond substituents is 1. The van der Waals surface area contributed by atoms with Gasteiger partial charge in [0.15, 0.2) is 0 Å². The molecule has 4 heteroatoms. The molecule has 1 N–H and O–H groups in total. The molecule has 0 aromatic heterocycles. The van der Waals surface area contributed by atoms with Gasteiger partial charge in [-0.2, -0.15) is 0 Å². The van der Waals surface area contributed by atoms with Crippen LogP contribution in [0, 0.1) is 25.7 Å². The van der Waals surface area contributed by atoms with E-state index in [1.807, 2.05) is 12.2 Å². The van der Waals surface area contributed by atoms with Crippen molar-refractivity contribution in [2.45, 2.75) is 26.7 Å². The highest BCUT2D eigenvalue weighted by Gasteiger charge is 2.48. The van der Waals surface area contributed by atoms with Crippen molar-refractivity contribution in [2.75, 3.05) is 4.90 Å². The molecule has 0 radical (unpaired) electrons. The number of phenols is 1. The average molecular weight is 271 g/mol. The summed E-state index contributed by atoms with van der Waals surface area (Å²) >= 11 is 0. The van der Waals surface area contributed by atoms with Gasteiger partial charge in [-0.1, -0.05) is 12.2 Å². The number of allylic oxidation sites excluding steroid dienone is 2. The number of nitrogens with zero attached hydrogens (tertiary/aromatic N) is 1. The Hall–Kier alpha value is -2.10. The van der Waals surface area contributed by atoms with Gasteiger partial charge >= 0.3 is 0 Å². The lowest BCUT2D eigenvalue weighted by Crippen LogP contribution is -2.31. The fraction of sp³-hybridized carbons (Fsp3) is 0.375. The van der Waals surface area contributed by atoms with Crippen molar-refractivity contribution in [3.05, 3.63) is 35.4 Å². The van der Waals surface area contributed by atoms with Gasteiger partial charge in [0, 0.05) is 0 Å². The lowest BCUT2D eigenvalue weighted by Gasteiger charge is -2.18. The van der Waals surface area contributed by atoms with Gasteiger partial charge < -0.3 is 5.11 Å². The zero-order valence-electron chi connectivity index (χ0n) is 11.6. The van der Waals surface area contributed by atoms with Crippen LogP contribution in [0.4, 0.5) is 5.69 Å². The molecule has 1 aromatic carbocycles. The molecular weight excluding hydrogens is 254 g/mol. The van der Waals surface area contributed by atoms with Gasteiger partial charge in [0.1, 0.15) is 5.75 Å². The quantitative estimate of drug-likeness (QED) is 0.630. The summed E-state index contributed by atoms with van der Waals surface area (Å²) in [6.45, 7) is 3.56. The summed E-state index contributed by atoms with van der Waals surface area (Å²) in [5, 5.41) is 9.71. The van der Waals surface area contributed by atoms with E-state index in [-0.39, 0.29) is 29.4 Å². The molecule has 20 heavy (non-hydrogen) atoms. The monoisotopic (exact) mass is 271 g/mol. The average Bonchev–Trinajstić information content (AvgIpc) is 2.68. The minimum absolute atomic E-state index is 0.113. The molecule has 2 unspecified atom stereocenters. The number of anilines is 1. The van der Waals surface area contributed by atoms with E-state index < -0.39 is 0 Å². The third kappa shape index (κ3) is 1.75. The van der Waals surface area contributed by atoms with Crippen LogP contribution in [0.15, 0.2) is 24.3 Å². The van der Waals surface area contributed by atoms with E-state index in [9.17, 15) is 14.7 Å². The maximum absolute atomic E-state index is 12.5. The molecule has 1 saturated heterocycles. The van der Waals surface area contributed by atoms with Crippen LogP contribution in [0.1, 0.15) is 24.0 Å². The highest BCUT2D eigenvalue weighted by atomic mass is 16.3. The minimum Gasteiger partial charge on any atom is -0.508 e. The molecule has 104 valence electrons. The van der Waals surface area contributed by atoms with E-state index in [0.717, 1.165) is 5.56 Å². The molecule has 0 bridgehead atoms. The minimum atomic E-state index is -0.221. The van der Waals surface area contributed by atoms with E-state index in [4.69, 9.17) is 0 Å². The fourth-order valence-corrected chi connectivity index (χ4v) is 3.06. The molecule has 2 aliphatic rings. The Bertz CT molecular complexity index is 607. The highest BCUT2D eigenvalue weighted by Crippen LogP contribution is 2.39. The standard InChI is InChI=1S/C16H17NO3/c1-9-8-14(18)10(2)7-13(9)17-15(19)11-5-3-4-6-12(11)16(17)20/h3-4,7-8,11-12,18H,5-6H2,1-2H3. The first kappa shape index (κ1) is 12.9. The van der Waals surface area contributed by atoms with Crippen LogP contribution in [0.5, 0.6) is 5.75 Å². The van der Waals surface area contributed by atoms with Crippen molar-refractivity contribution in [3.8, 4) is 5.75 Å². The third-order valence-corrected chi connectivity index (χ3v) is 4.26. The van der Waals surface area contributed by atoms with E-state index in [0.29, 0.717) is 24.1 Å². The number of rotatable bonds is 1. The largest absolute Gasteiger partial charge is 0.508 e. The normalized spacial score (nSPS) is 25.2. The maximum atomic E-state index is 12.5. The number of carbonyl (C=O) groups excluding carboxylic acids is 2. The van der Waals surface area contributed by atoms with Crippen molar-refractivity contribution in [3.63, 3.8) is 0 Å². The van der Waals surface area contributed by atoms with Gasteiger partial charge in [-0.3, -0.25) is 9.59 Å². The SMILES string of the molecule is Cc1cc(N2C(=O)C3CC=CCC3C2=O)c(C)cc1O. The topological polar surface area (TPSA) is 57.6 Å². The third-order valence-electron chi connectivity index (χ3n) is 4.26. The van der Waals surface area contributed by atoms with Crippen LogP contribution in [-0.4, -0.2) is 16.9 Å². The summed E-state index contributed by atoms with van der Waals surface area (Å²) in [5.74, 6) is -0.485. The van der Waals surface area contributed by atoms with Crippen LogP contribution >= 0.6 is 0 Å². The van der Waals surface area contributed by atoms with E-state index in [1.54, 1.807) is 26.0 Å². The molecule has 3 rings (SSSR count). The molecular formula is C16H17NO3. The number of carbonyl (C=O) groups is 2. The Kier molecular flexibility index (Phi) is 2.89. The van der Waals surface area contributed by atoms with Crippen molar-refractivity contribution in [2.24, 2.45) is 11.8 Å². The van der Waals surface area contributed by atoms with Gasteiger partial charge in [0.05, 0.1) is 17.5 Å². The highest BCUT2D eigenvalue weighted by molar-refractivity contribution is 6.22. The van der Waals surface area contributed by atoms with Gasteiger partial charge in [0.25, 0.3) is 0 Å². The van der Waals surface area contributed by atoms with Crippen LogP contribution < -0.4 is 4.90 Å². The predicted octanol–water partition coefficient (Wildman–Crippen LogP) is 2.46. The molecule has 1 aliphatic heterocycles. The number of benzene rings is 1. The number of aromatic hydroxyl groups is 1. The summed E-state index contributed by atoms with van der Waals surface area (Å²) < 4.78 is 0. The predicted molar refractivity (Wildman–Crippen MR) is 75.4 cm³/mol. The second-order valence-corrected chi connectivity index (χ2v) is 5.59. The first-order valence-corrected chi connectivity index (χ1v) is 6.83. The summed E-state index contributed by atoms with van der Waals surface area (Å²) in [7, 11) is 0. The molecule has 4 nitrogen and oxygen atoms in total. The van der Waals surface area contributed by atoms with Gasteiger partial charge in [-0.25, -0.2) is 4.90 Å². The van der Waals surface area contributed by atoms with E-state index in [2.05, 4.69) is 0 Å². The summed E-state index contributed by atoms with van der Waals surface area (Å²) in [4.78, 5) is 26.3. The summed E-state index contributed by atoms with van der Waals surface area (Å²) in [6, 6.07) is 3.32. The molecule has 1 heterocycles. The van der Waals surface area contributed by atoms with Crippen molar-refractivity contribution >= 4 is 17.5 Å². The first-order chi connectivity index (χ1) is 9.50. The maximum Gasteiger partial charge on any atom is 0.238 e. The van der Waals surface area contributed by atoms with E-state index in [1.165, 1.54) is 4.90 Å². The smallest absolute Gasteiger partial charge is 0.238 e. The molecule has 2 atom stereocenters. The Morgan fingerprint density at radius 3 is 2.10 bits per heavy atom. The fourth-order valence-electron chi connectivity index (χ4n) is 3.06. The number of amides is 2. The second kappa shape index (κ2) is 4.47. The molecule has 0 spiro atoms. The van der Waals surface area contributed by atoms with E-state index >= 15 is 0 Å². The zero-order valence-corrected chi connectivity index (χ0v) is 11.6. The number of imide groups is 1. The molecule has 0 saturated carbocycles. The Morgan fingerprint density at radius 1 is 1.00 bits per heavy atom. The molecule has 1 aromatic rings. The van der Waals surface area contributed by atoms with Crippen LogP contribution in [0.2, 0.25) is 0 Å². The Labute approximate surface area is 117 Å². The number of hydrogen-bond donors (Lipinski definition) is 1. The van der Waals surface area contributed by atoms with Crippen LogP contribution in [0.25, 0.3) is 0 Å². The first-order valence-electron chi connectivity index (χ1n) is 6.83.